The van der Waals surface area contributed by atoms with Gasteiger partial charge in [-0.15, -0.1) is 0 Å². The van der Waals surface area contributed by atoms with Crippen LogP contribution in [0.25, 0.3) is 0 Å². The summed E-state index contributed by atoms with van der Waals surface area (Å²) in [6.07, 6.45) is 0. The van der Waals surface area contributed by atoms with Gasteiger partial charge in [0.2, 0.25) is 0 Å². The van der Waals surface area contributed by atoms with Crippen LogP contribution in [-0.2, 0) is 19.6 Å². The number of esters is 1. The number of hydrogen-bond acceptors (Lipinski definition) is 7. The van der Waals surface area contributed by atoms with E-state index >= 15 is 0 Å². The molecule has 3 aromatic carbocycles. The van der Waals surface area contributed by atoms with Crippen molar-refractivity contribution < 1.29 is 32.2 Å². The van der Waals surface area contributed by atoms with E-state index in [2.05, 4.69) is 5.32 Å². The lowest BCUT2D eigenvalue weighted by Crippen LogP contribution is -2.30. The van der Waals surface area contributed by atoms with Crippen molar-refractivity contribution in [3.63, 3.8) is 0 Å². The van der Waals surface area contributed by atoms with E-state index in [9.17, 15) is 18.0 Å². The van der Waals surface area contributed by atoms with Crippen LogP contribution in [0.3, 0.4) is 0 Å². The van der Waals surface area contributed by atoms with Crippen LogP contribution in [0.1, 0.15) is 17.3 Å². The summed E-state index contributed by atoms with van der Waals surface area (Å²) >= 11 is 0. The first kappa shape index (κ1) is 25.6. The summed E-state index contributed by atoms with van der Waals surface area (Å²) in [4.78, 5) is 24.7. The van der Waals surface area contributed by atoms with Gasteiger partial charge in [-0.25, -0.2) is 13.2 Å². The fraction of sp³-hybridized carbons (Fsp3) is 0.200. The minimum atomic E-state index is -3.82. The van der Waals surface area contributed by atoms with Gasteiger partial charge in [0.1, 0.15) is 11.5 Å². The van der Waals surface area contributed by atoms with E-state index in [1.54, 1.807) is 55.5 Å². The highest BCUT2D eigenvalue weighted by Crippen LogP contribution is 2.29. The standard InChI is InChI=1S/C25H26N2O7S/c1-4-27(19-8-6-5-7-9-19)35(30,31)21-13-10-18(11-14-21)25(29)34-17-24(28)26-22-16-20(32-2)12-15-23(22)33-3/h5-16H,4,17H2,1-3H3,(H,26,28). The van der Waals surface area contributed by atoms with Crippen molar-refractivity contribution in [2.45, 2.75) is 11.8 Å². The van der Waals surface area contributed by atoms with Crippen molar-refractivity contribution in [3.05, 3.63) is 78.4 Å². The van der Waals surface area contributed by atoms with Gasteiger partial charge >= 0.3 is 5.97 Å². The highest BCUT2D eigenvalue weighted by molar-refractivity contribution is 7.92. The van der Waals surface area contributed by atoms with E-state index in [1.807, 2.05) is 0 Å². The molecule has 9 nitrogen and oxygen atoms in total. The van der Waals surface area contributed by atoms with Crippen LogP contribution in [0, 0.1) is 0 Å². The summed E-state index contributed by atoms with van der Waals surface area (Å²) < 4.78 is 42.8. The van der Waals surface area contributed by atoms with E-state index in [-0.39, 0.29) is 17.0 Å². The van der Waals surface area contributed by atoms with Crippen LogP contribution in [0.5, 0.6) is 11.5 Å². The molecule has 184 valence electrons. The van der Waals surface area contributed by atoms with Gasteiger partial charge in [0.25, 0.3) is 15.9 Å². The Morgan fingerprint density at radius 2 is 1.60 bits per heavy atom. The maximum atomic E-state index is 13.1. The summed E-state index contributed by atoms with van der Waals surface area (Å²) in [5.74, 6) is -0.413. The lowest BCUT2D eigenvalue weighted by atomic mass is 10.2. The first-order chi connectivity index (χ1) is 16.8. The molecule has 3 aromatic rings. The monoisotopic (exact) mass is 498 g/mol. The fourth-order valence-electron chi connectivity index (χ4n) is 3.29. The lowest BCUT2D eigenvalue weighted by molar-refractivity contribution is -0.119. The van der Waals surface area contributed by atoms with Crippen molar-refractivity contribution in [1.29, 1.82) is 0 Å². The Kier molecular flexibility index (Phi) is 8.32. The Morgan fingerprint density at radius 1 is 0.914 bits per heavy atom. The number of sulfonamides is 1. The Labute approximate surface area is 204 Å². The molecule has 1 N–H and O–H groups in total. The Morgan fingerprint density at radius 3 is 2.20 bits per heavy atom. The molecule has 0 spiro atoms. The second kappa shape index (κ2) is 11.4. The van der Waals surface area contributed by atoms with Crippen LogP contribution in [0.4, 0.5) is 11.4 Å². The van der Waals surface area contributed by atoms with Crippen molar-refractivity contribution in [3.8, 4) is 11.5 Å². The molecule has 0 atom stereocenters. The first-order valence-corrected chi connectivity index (χ1v) is 12.1. The third kappa shape index (κ3) is 6.10. The van der Waals surface area contributed by atoms with Gasteiger partial charge in [0, 0.05) is 12.6 Å². The van der Waals surface area contributed by atoms with Gasteiger partial charge in [-0.2, -0.15) is 0 Å². The molecule has 0 aromatic heterocycles. The quantitative estimate of drug-likeness (QED) is 0.424. The number of hydrogen-bond donors (Lipinski definition) is 1. The number of amides is 1. The van der Waals surface area contributed by atoms with E-state index in [0.29, 0.717) is 22.9 Å². The normalized spacial score (nSPS) is 10.8. The molecule has 0 fully saturated rings. The number of anilines is 2. The minimum absolute atomic E-state index is 0.0302. The predicted octanol–water partition coefficient (Wildman–Crippen LogP) is 3.71. The Bertz CT molecular complexity index is 1280. The van der Waals surface area contributed by atoms with Gasteiger partial charge in [-0.1, -0.05) is 18.2 Å². The van der Waals surface area contributed by atoms with Crippen LogP contribution >= 0.6 is 0 Å². The van der Waals surface area contributed by atoms with Crippen molar-refractivity contribution >= 4 is 33.3 Å². The Hall–Kier alpha value is -4.05. The zero-order valence-corrected chi connectivity index (χ0v) is 20.4. The number of nitrogens with one attached hydrogen (secondary N) is 1. The zero-order valence-electron chi connectivity index (χ0n) is 19.6. The number of nitrogens with zero attached hydrogens (tertiary/aromatic N) is 1. The number of rotatable bonds is 10. The van der Waals surface area contributed by atoms with E-state index in [4.69, 9.17) is 14.2 Å². The van der Waals surface area contributed by atoms with Crippen LogP contribution < -0.4 is 19.1 Å². The summed E-state index contributed by atoms with van der Waals surface area (Å²) in [6, 6.07) is 19.0. The summed E-state index contributed by atoms with van der Waals surface area (Å²) in [5.41, 5.74) is 1.01. The maximum absolute atomic E-state index is 13.1. The number of para-hydroxylation sites is 1. The molecule has 0 aliphatic rings. The Balaban J connectivity index is 1.65. The first-order valence-electron chi connectivity index (χ1n) is 10.7. The fourth-order valence-corrected chi connectivity index (χ4v) is 4.76. The average Bonchev–Trinajstić information content (AvgIpc) is 2.88. The van der Waals surface area contributed by atoms with Gasteiger partial charge in [-0.05, 0) is 55.5 Å². The molecule has 0 bridgehead atoms. The molecule has 0 heterocycles. The molecular formula is C25H26N2O7S. The largest absolute Gasteiger partial charge is 0.497 e. The van der Waals surface area contributed by atoms with Crippen LogP contribution in [0.2, 0.25) is 0 Å². The van der Waals surface area contributed by atoms with E-state index < -0.39 is 28.5 Å². The molecule has 0 aliphatic heterocycles. The summed E-state index contributed by atoms with van der Waals surface area (Å²) in [5, 5.41) is 2.60. The van der Waals surface area contributed by atoms with Crippen molar-refractivity contribution in [1.82, 2.24) is 0 Å². The lowest BCUT2D eigenvalue weighted by Gasteiger charge is -2.22. The predicted molar refractivity (Wildman–Crippen MR) is 132 cm³/mol. The highest BCUT2D eigenvalue weighted by atomic mass is 32.2. The smallest absolute Gasteiger partial charge is 0.338 e. The minimum Gasteiger partial charge on any atom is -0.497 e. The van der Waals surface area contributed by atoms with Crippen LogP contribution in [0.15, 0.2) is 77.7 Å². The molecule has 3 rings (SSSR count). The SMILES string of the molecule is CCN(c1ccccc1)S(=O)(=O)c1ccc(C(=O)OCC(=O)Nc2cc(OC)ccc2OC)cc1. The molecule has 1 amide bonds. The molecule has 0 aliphatic carbocycles. The number of carbonyl (C=O) groups is 2. The molecule has 0 radical (unpaired) electrons. The van der Waals surface area contributed by atoms with Crippen molar-refractivity contribution in [2.24, 2.45) is 0 Å². The maximum Gasteiger partial charge on any atom is 0.338 e. The van der Waals surface area contributed by atoms with Gasteiger partial charge in [0.15, 0.2) is 6.61 Å². The van der Waals surface area contributed by atoms with Gasteiger partial charge in [0.05, 0.1) is 36.1 Å². The van der Waals surface area contributed by atoms with Gasteiger partial charge < -0.3 is 19.5 Å². The molecule has 0 saturated carbocycles. The summed E-state index contributed by atoms with van der Waals surface area (Å²) in [6.45, 7) is 1.43. The second-order valence-electron chi connectivity index (χ2n) is 7.22. The second-order valence-corrected chi connectivity index (χ2v) is 9.08. The number of carbonyl (C=O) groups excluding carboxylic acids is 2. The molecular weight excluding hydrogens is 472 g/mol. The van der Waals surface area contributed by atoms with Gasteiger partial charge in [-0.3, -0.25) is 9.10 Å². The van der Waals surface area contributed by atoms with Crippen molar-refractivity contribution in [2.75, 3.05) is 37.0 Å². The highest BCUT2D eigenvalue weighted by Gasteiger charge is 2.24. The zero-order chi connectivity index (χ0) is 25.4. The third-order valence-electron chi connectivity index (χ3n) is 5.02. The molecule has 10 heteroatoms. The topological polar surface area (TPSA) is 111 Å². The van der Waals surface area contributed by atoms with E-state index in [1.165, 1.54) is 42.8 Å². The molecule has 0 unspecified atom stereocenters. The number of methoxy groups -OCH3 is 2. The molecule has 35 heavy (non-hydrogen) atoms. The van der Waals surface area contributed by atoms with E-state index in [0.717, 1.165) is 0 Å². The number of benzene rings is 3. The molecule has 0 saturated heterocycles. The number of ether oxygens (including phenoxy) is 3. The average molecular weight is 499 g/mol. The summed E-state index contributed by atoms with van der Waals surface area (Å²) in [7, 11) is -0.872. The third-order valence-corrected chi connectivity index (χ3v) is 6.94. The van der Waals surface area contributed by atoms with Crippen LogP contribution in [-0.4, -0.2) is 47.7 Å².